The smallest absolute Gasteiger partial charge is 0.410 e. The number of likely N-dealkylation sites (tertiary alicyclic amines) is 1. The fourth-order valence-electron chi connectivity index (χ4n) is 2.18. The van der Waals surface area contributed by atoms with E-state index in [2.05, 4.69) is 0 Å². The molecule has 4 nitrogen and oxygen atoms in total. The van der Waals surface area contributed by atoms with Gasteiger partial charge in [-0.3, -0.25) is 0 Å². The van der Waals surface area contributed by atoms with E-state index >= 15 is 0 Å². The maximum absolute atomic E-state index is 11.4. The molecule has 0 aromatic rings. The highest BCUT2D eigenvalue weighted by Gasteiger charge is 2.23. The van der Waals surface area contributed by atoms with Crippen molar-refractivity contribution in [1.29, 1.82) is 0 Å². The second kappa shape index (κ2) is 6.98. The highest BCUT2D eigenvalue weighted by atomic mass is 16.6. The molecule has 0 unspecified atom stereocenters. The predicted molar refractivity (Wildman–Crippen MR) is 73.5 cm³/mol. The molecule has 1 aliphatic heterocycles. The number of hydrogen-bond acceptors (Lipinski definition) is 3. The maximum Gasteiger partial charge on any atom is 0.410 e. The molecule has 18 heavy (non-hydrogen) atoms. The van der Waals surface area contributed by atoms with Crippen molar-refractivity contribution in [3.05, 3.63) is 0 Å². The van der Waals surface area contributed by atoms with Gasteiger partial charge in [0.05, 0.1) is 0 Å². The molecule has 2 rings (SSSR count). The Morgan fingerprint density at radius 2 is 1.61 bits per heavy atom. The van der Waals surface area contributed by atoms with Crippen LogP contribution in [0.5, 0.6) is 0 Å². The zero-order valence-electron chi connectivity index (χ0n) is 12.1. The first-order valence-electron chi connectivity index (χ1n) is 7.12. The zero-order chi connectivity index (χ0) is 13.6. The van der Waals surface area contributed by atoms with Gasteiger partial charge in [-0.25, -0.2) is 4.79 Å². The average Bonchev–Trinajstić information content (AvgIpc) is 2.86. The third kappa shape index (κ3) is 6.24. The number of ether oxygens (including phenoxy) is 1. The summed E-state index contributed by atoms with van der Waals surface area (Å²) in [6.45, 7) is 7.38. The van der Waals surface area contributed by atoms with Crippen molar-refractivity contribution in [2.45, 2.75) is 70.9 Å². The second-order valence-electron chi connectivity index (χ2n) is 6.22. The van der Waals surface area contributed by atoms with Gasteiger partial charge >= 0.3 is 6.09 Å². The number of carbonyl (C=O) groups excluding carboxylic acids is 1. The first-order chi connectivity index (χ1) is 8.38. The van der Waals surface area contributed by atoms with Gasteiger partial charge < -0.3 is 15.4 Å². The summed E-state index contributed by atoms with van der Waals surface area (Å²) in [5, 5.41) is 0. The van der Waals surface area contributed by atoms with Crippen LogP contribution >= 0.6 is 0 Å². The first-order valence-corrected chi connectivity index (χ1v) is 7.12. The molecule has 1 saturated heterocycles. The summed E-state index contributed by atoms with van der Waals surface area (Å²) in [5.41, 5.74) is 5.17. The lowest BCUT2D eigenvalue weighted by molar-refractivity contribution is 0.0295. The molecule has 4 heteroatoms. The third-order valence-corrected chi connectivity index (χ3v) is 3.16. The molecule has 0 atom stereocenters. The summed E-state index contributed by atoms with van der Waals surface area (Å²) >= 11 is 0. The lowest BCUT2D eigenvalue weighted by Crippen LogP contribution is -2.34. The SMILES string of the molecule is CC(C)(C)OC(=O)N1CCCC1.NC1CCCC1. The summed E-state index contributed by atoms with van der Waals surface area (Å²) in [4.78, 5) is 13.1. The predicted octanol–water partition coefficient (Wildman–Crippen LogP) is 2.91. The van der Waals surface area contributed by atoms with Crippen LogP contribution < -0.4 is 5.73 Å². The minimum atomic E-state index is -0.361. The topological polar surface area (TPSA) is 55.6 Å². The number of nitrogens with two attached hydrogens (primary N) is 1. The molecular formula is C14H28N2O2. The van der Waals surface area contributed by atoms with E-state index in [1.165, 1.54) is 25.7 Å². The Bertz CT molecular complexity index is 249. The van der Waals surface area contributed by atoms with Gasteiger partial charge in [0.1, 0.15) is 5.60 Å². The van der Waals surface area contributed by atoms with Crippen LogP contribution in [-0.4, -0.2) is 35.7 Å². The fourth-order valence-corrected chi connectivity index (χ4v) is 2.18. The molecule has 1 aliphatic carbocycles. The highest BCUT2D eigenvalue weighted by Crippen LogP contribution is 2.15. The largest absolute Gasteiger partial charge is 0.444 e. The lowest BCUT2D eigenvalue weighted by atomic mass is 10.2. The summed E-state index contributed by atoms with van der Waals surface area (Å²) in [6.07, 6.45) is 7.31. The molecule has 0 bridgehead atoms. The van der Waals surface area contributed by atoms with Gasteiger partial charge in [-0.15, -0.1) is 0 Å². The minimum absolute atomic E-state index is 0.167. The van der Waals surface area contributed by atoms with Gasteiger partial charge in [-0.05, 0) is 46.5 Å². The van der Waals surface area contributed by atoms with E-state index in [0.717, 1.165) is 25.9 Å². The van der Waals surface area contributed by atoms with Gasteiger partial charge in [0.25, 0.3) is 0 Å². The van der Waals surface area contributed by atoms with Crippen LogP contribution in [-0.2, 0) is 4.74 Å². The fraction of sp³-hybridized carbons (Fsp3) is 0.929. The standard InChI is InChI=1S/C9H17NO2.C5H11N/c1-9(2,3)12-8(11)10-6-4-5-7-10;6-5-3-1-2-4-5/h4-7H2,1-3H3;5H,1-4,6H2. The first kappa shape index (κ1) is 15.3. The monoisotopic (exact) mass is 256 g/mol. The Morgan fingerprint density at radius 3 is 1.94 bits per heavy atom. The van der Waals surface area contributed by atoms with Crippen LogP contribution in [0.25, 0.3) is 0 Å². The lowest BCUT2D eigenvalue weighted by Gasteiger charge is -2.23. The molecule has 0 spiro atoms. The summed E-state index contributed by atoms with van der Waals surface area (Å²) in [5.74, 6) is 0. The highest BCUT2D eigenvalue weighted by molar-refractivity contribution is 5.68. The Labute approximate surface area is 111 Å². The number of carbonyl (C=O) groups is 1. The van der Waals surface area contributed by atoms with Gasteiger partial charge in [0, 0.05) is 19.1 Å². The van der Waals surface area contributed by atoms with Crippen LogP contribution in [0.1, 0.15) is 59.3 Å². The second-order valence-corrected chi connectivity index (χ2v) is 6.22. The van der Waals surface area contributed by atoms with Crippen molar-refractivity contribution in [3.63, 3.8) is 0 Å². The Balaban J connectivity index is 0.000000225. The van der Waals surface area contributed by atoms with Crippen LogP contribution in [0.3, 0.4) is 0 Å². The Morgan fingerprint density at radius 1 is 1.11 bits per heavy atom. The molecule has 0 aromatic carbocycles. The van der Waals surface area contributed by atoms with Crippen molar-refractivity contribution in [2.75, 3.05) is 13.1 Å². The van der Waals surface area contributed by atoms with E-state index in [-0.39, 0.29) is 11.7 Å². The van der Waals surface area contributed by atoms with Crippen LogP contribution in [0.2, 0.25) is 0 Å². The molecule has 0 radical (unpaired) electrons. The number of rotatable bonds is 0. The van der Waals surface area contributed by atoms with E-state index in [0.29, 0.717) is 6.04 Å². The molecule has 2 N–H and O–H groups in total. The van der Waals surface area contributed by atoms with Crippen LogP contribution in [0.4, 0.5) is 4.79 Å². The minimum Gasteiger partial charge on any atom is -0.444 e. The molecule has 0 aromatic heterocycles. The van der Waals surface area contributed by atoms with Gasteiger partial charge in [0.2, 0.25) is 0 Å². The van der Waals surface area contributed by atoms with Gasteiger partial charge in [0.15, 0.2) is 0 Å². The third-order valence-electron chi connectivity index (χ3n) is 3.16. The van der Waals surface area contributed by atoms with Crippen molar-refractivity contribution in [3.8, 4) is 0 Å². The molecule has 2 aliphatic rings. The normalized spacial score (nSPS) is 20.6. The van der Waals surface area contributed by atoms with Crippen LogP contribution in [0, 0.1) is 0 Å². The van der Waals surface area contributed by atoms with Crippen molar-refractivity contribution in [2.24, 2.45) is 5.73 Å². The molecule has 2 fully saturated rings. The van der Waals surface area contributed by atoms with E-state index in [1.807, 2.05) is 20.8 Å². The van der Waals surface area contributed by atoms with E-state index < -0.39 is 0 Å². The number of amides is 1. The summed E-state index contributed by atoms with van der Waals surface area (Å²) < 4.78 is 5.21. The summed E-state index contributed by atoms with van der Waals surface area (Å²) in [6, 6.07) is 0.546. The average molecular weight is 256 g/mol. The Hall–Kier alpha value is -0.770. The molecule has 1 amide bonds. The molecule has 106 valence electrons. The summed E-state index contributed by atoms with van der Waals surface area (Å²) in [7, 11) is 0. The molecule has 1 saturated carbocycles. The van der Waals surface area contributed by atoms with Crippen molar-refractivity contribution >= 4 is 6.09 Å². The van der Waals surface area contributed by atoms with E-state index in [4.69, 9.17) is 10.5 Å². The molecule has 1 heterocycles. The van der Waals surface area contributed by atoms with Crippen LogP contribution in [0.15, 0.2) is 0 Å². The van der Waals surface area contributed by atoms with Crippen molar-refractivity contribution in [1.82, 2.24) is 4.90 Å². The van der Waals surface area contributed by atoms with Gasteiger partial charge in [-0.1, -0.05) is 12.8 Å². The zero-order valence-corrected chi connectivity index (χ0v) is 12.1. The van der Waals surface area contributed by atoms with Gasteiger partial charge in [-0.2, -0.15) is 0 Å². The number of hydrogen-bond donors (Lipinski definition) is 1. The number of nitrogens with zero attached hydrogens (tertiary/aromatic N) is 1. The molecular weight excluding hydrogens is 228 g/mol. The van der Waals surface area contributed by atoms with E-state index in [9.17, 15) is 4.79 Å². The van der Waals surface area contributed by atoms with E-state index in [1.54, 1.807) is 4.90 Å². The van der Waals surface area contributed by atoms with Crippen molar-refractivity contribution < 1.29 is 9.53 Å². The maximum atomic E-state index is 11.4. The Kier molecular flexibility index (Phi) is 5.93. The quantitative estimate of drug-likeness (QED) is 0.725.